The van der Waals surface area contributed by atoms with Crippen LogP contribution in [0.5, 0.6) is 0 Å². The molecule has 0 saturated heterocycles. The van der Waals surface area contributed by atoms with Crippen molar-refractivity contribution in [3.8, 4) is 0 Å². The topological polar surface area (TPSA) is 67.5 Å². The number of thiocarbonyl (C=S) groups is 1. The van der Waals surface area contributed by atoms with Gasteiger partial charge in [0, 0.05) is 12.1 Å². The summed E-state index contributed by atoms with van der Waals surface area (Å²) in [5, 5.41) is 3.85. The molecule has 0 aliphatic rings. The van der Waals surface area contributed by atoms with Gasteiger partial charge in [-0.25, -0.2) is 0 Å². The third-order valence-corrected chi connectivity index (χ3v) is 0.953. The molecule has 0 aromatic heterocycles. The van der Waals surface area contributed by atoms with E-state index in [0.717, 1.165) is 0 Å². The lowest BCUT2D eigenvalue weighted by Crippen LogP contribution is -2.25. The average Bonchev–Trinajstić information content (AvgIpc) is 1.82. The summed E-state index contributed by atoms with van der Waals surface area (Å²) in [4.78, 5) is 10.5. The Kier molecular flexibility index (Phi) is 4.36. The van der Waals surface area contributed by atoms with Gasteiger partial charge in [0.05, 0.1) is 0 Å². The molecule has 3 N–H and O–H groups in total. The van der Waals surface area contributed by atoms with E-state index in [4.69, 9.17) is 5.73 Å². The van der Waals surface area contributed by atoms with Crippen molar-refractivity contribution in [2.45, 2.75) is 20.3 Å². The Balaban J connectivity index is 3.81. The molecule has 62 valence electrons. The van der Waals surface area contributed by atoms with E-state index >= 15 is 0 Å². The van der Waals surface area contributed by atoms with Crippen LogP contribution in [0.4, 0.5) is 0 Å². The van der Waals surface area contributed by atoms with Gasteiger partial charge >= 0.3 is 0 Å². The second-order valence-electron chi connectivity index (χ2n) is 2.20. The van der Waals surface area contributed by atoms with Crippen LogP contribution in [0, 0.1) is 0 Å². The lowest BCUT2D eigenvalue weighted by atomic mass is 10.2. The van der Waals surface area contributed by atoms with Gasteiger partial charge in [-0.15, -0.1) is 0 Å². The molecule has 0 amide bonds. The van der Waals surface area contributed by atoms with Gasteiger partial charge in [-0.05, 0) is 26.1 Å². The van der Waals surface area contributed by atoms with Crippen molar-refractivity contribution in [2.24, 2.45) is 10.8 Å². The van der Waals surface area contributed by atoms with Crippen molar-refractivity contribution in [1.29, 1.82) is 0 Å². The van der Waals surface area contributed by atoms with Gasteiger partial charge in [-0.1, -0.05) is 0 Å². The summed E-state index contributed by atoms with van der Waals surface area (Å²) < 4.78 is 0. The number of hydrogen-bond acceptors (Lipinski definition) is 3. The molecule has 0 aliphatic heterocycles. The maximum Gasteiger partial charge on any atom is 0.184 e. The number of Topliss-reactive ketones (excluding diaryl/α,β-unsaturated/α-hetero) is 1. The largest absolute Gasteiger partial charge is 0.375 e. The van der Waals surface area contributed by atoms with Crippen LogP contribution in [-0.4, -0.2) is 16.6 Å². The van der Waals surface area contributed by atoms with Crippen LogP contribution >= 0.6 is 12.2 Å². The molecule has 0 saturated carbocycles. The van der Waals surface area contributed by atoms with Crippen molar-refractivity contribution in [3.05, 3.63) is 0 Å². The quantitative estimate of drug-likeness (QED) is 0.363. The zero-order valence-corrected chi connectivity index (χ0v) is 7.36. The predicted octanol–water partition coefficient (Wildman–Crippen LogP) is 0.175. The fourth-order valence-electron chi connectivity index (χ4n) is 0.550. The van der Waals surface area contributed by atoms with Crippen LogP contribution in [0.2, 0.25) is 0 Å². The highest BCUT2D eigenvalue weighted by atomic mass is 32.1. The Morgan fingerprint density at radius 3 is 2.55 bits per heavy atom. The Morgan fingerprint density at radius 1 is 1.64 bits per heavy atom. The van der Waals surface area contributed by atoms with Gasteiger partial charge in [-0.2, -0.15) is 5.10 Å². The van der Waals surface area contributed by atoms with Crippen molar-refractivity contribution >= 4 is 28.8 Å². The molecule has 0 aromatic rings. The Labute approximate surface area is 70.8 Å². The van der Waals surface area contributed by atoms with E-state index in [9.17, 15) is 4.79 Å². The first kappa shape index (κ1) is 10.0. The summed E-state index contributed by atoms with van der Waals surface area (Å²) in [7, 11) is 0. The Bertz CT molecular complexity index is 200. The van der Waals surface area contributed by atoms with E-state index in [2.05, 4.69) is 22.7 Å². The van der Waals surface area contributed by atoms with Gasteiger partial charge in [0.25, 0.3) is 0 Å². The average molecular weight is 173 g/mol. The highest BCUT2D eigenvalue weighted by molar-refractivity contribution is 7.80. The first-order chi connectivity index (χ1) is 5.02. The van der Waals surface area contributed by atoms with Gasteiger partial charge in [0.15, 0.2) is 5.11 Å². The number of nitrogens with zero attached hydrogens (tertiary/aromatic N) is 1. The summed E-state index contributed by atoms with van der Waals surface area (Å²) in [6, 6.07) is 0. The lowest BCUT2D eigenvalue weighted by Gasteiger charge is -1.97. The molecule has 0 rings (SSSR count). The third-order valence-electron chi connectivity index (χ3n) is 0.862. The summed E-state index contributed by atoms with van der Waals surface area (Å²) in [5.74, 6) is 0.0657. The summed E-state index contributed by atoms with van der Waals surface area (Å²) in [6.45, 7) is 3.23. The molecule has 5 heteroatoms. The molecule has 0 atom stereocenters. The molecule has 0 spiro atoms. The minimum absolute atomic E-state index is 0.0657. The number of nitrogens with two attached hydrogens (primary N) is 1. The molecule has 0 unspecified atom stereocenters. The molecule has 0 aromatic carbocycles. The van der Waals surface area contributed by atoms with E-state index in [1.807, 2.05) is 0 Å². The number of hydrogen-bond donors (Lipinski definition) is 2. The van der Waals surface area contributed by atoms with E-state index in [1.165, 1.54) is 6.92 Å². The third kappa shape index (κ3) is 6.92. The summed E-state index contributed by atoms with van der Waals surface area (Å²) >= 11 is 4.50. The molecular formula is C6H11N3OS. The number of carbonyl (C=O) groups is 1. The van der Waals surface area contributed by atoms with Crippen LogP contribution < -0.4 is 11.2 Å². The molecule has 0 radical (unpaired) electrons. The molecule has 4 nitrogen and oxygen atoms in total. The van der Waals surface area contributed by atoms with E-state index < -0.39 is 0 Å². The first-order valence-electron chi connectivity index (χ1n) is 3.10. The first-order valence-corrected chi connectivity index (χ1v) is 3.51. The maximum absolute atomic E-state index is 10.5. The molecule has 0 bridgehead atoms. The number of ketones is 1. The molecule has 0 fully saturated rings. The van der Waals surface area contributed by atoms with Crippen molar-refractivity contribution in [1.82, 2.24) is 5.43 Å². The van der Waals surface area contributed by atoms with Crippen molar-refractivity contribution in [2.75, 3.05) is 0 Å². The zero-order valence-electron chi connectivity index (χ0n) is 6.55. The Hall–Kier alpha value is -0.970. The highest BCUT2D eigenvalue weighted by Crippen LogP contribution is 1.85. The highest BCUT2D eigenvalue weighted by Gasteiger charge is 1.95. The second-order valence-corrected chi connectivity index (χ2v) is 2.64. The molecule has 0 aliphatic carbocycles. The van der Waals surface area contributed by atoms with E-state index in [0.29, 0.717) is 12.1 Å². The van der Waals surface area contributed by atoms with Crippen LogP contribution in [0.15, 0.2) is 5.10 Å². The predicted molar refractivity (Wildman–Crippen MR) is 48.3 cm³/mol. The molecule has 11 heavy (non-hydrogen) atoms. The van der Waals surface area contributed by atoms with Crippen molar-refractivity contribution in [3.63, 3.8) is 0 Å². The number of rotatable bonds is 3. The molecule has 0 heterocycles. The summed E-state index contributed by atoms with van der Waals surface area (Å²) in [6.07, 6.45) is 0.329. The fourth-order valence-corrected chi connectivity index (χ4v) is 0.596. The molecular weight excluding hydrogens is 162 g/mol. The van der Waals surface area contributed by atoms with Crippen LogP contribution in [0.3, 0.4) is 0 Å². The van der Waals surface area contributed by atoms with E-state index in [1.54, 1.807) is 6.92 Å². The van der Waals surface area contributed by atoms with Gasteiger partial charge in [0.1, 0.15) is 5.78 Å². The van der Waals surface area contributed by atoms with Gasteiger partial charge in [-0.3, -0.25) is 10.2 Å². The lowest BCUT2D eigenvalue weighted by molar-refractivity contribution is -0.115. The minimum Gasteiger partial charge on any atom is -0.375 e. The number of carbonyl (C=O) groups excluding carboxylic acids is 1. The monoisotopic (exact) mass is 173 g/mol. The van der Waals surface area contributed by atoms with Crippen molar-refractivity contribution < 1.29 is 4.79 Å². The standard InChI is InChI=1S/C6H11N3OS/c1-4(3-5(2)10)8-9-6(7)11/h3H2,1-2H3,(H3,7,9,11)/b8-4-. The number of nitrogens with one attached hydrogen (secondary N) is 1. The second kappa shape index (κ2) is 4.79. The van der Waals surface area contributed by atoms with Crippen LogP contribution in [0.25, 0.3) is 0 Å². The Morgan fingerprint density at radius 2 is 2.18 bits per heavy atom. The summed E-state index contributed by atoms with van der Waals surface area (Å²) in [5.41, 5.74) is 8.17. The SMILES string of the molecule is CC(=O)C/C(C)=N\NC(N)=S. The van der Waals surface area contributed by atoms with E-state index in [-0.39, 0.29) is 10.9 Å². The smallest absolute Gasteiger partial charge is 0.184 e. The van der Waals surface area contributed by atoms with Gasteiger partial charge in [0.2, 0.25) is 0 Å². The normalized spacial score (nSPS) is 10.9. The van der Waals surface area contributed by atoms with Crippen LogP contribution in [0.1, 0.15) is 20.3 Å². The minimum atomic E-state index is 0.0657. The van der Waals surface area contributed by atoms with Crippen LogP contribution in [-0.2, 0) is 4.79 Å². The van der Waals surface area contributed by atoms with Gasteiger partial charge < -0.3 is 5.73 Å². The zero-order chi connectivity index (χ0) is 8.85. The fraction of sp³-hybridized carbons (Fsp3) is 0.500. The maximum atomic E-state index is 10.5. The number of hydrazone groups is 1.